The van der Waals surface area contributed by atoms with Gasteiger partial charge in [-0.1, -0.05) is 22.8 Å². The molecule has 0 bridgehead atoms. The second kappa shape index (κ2) is 4.63. The summed E-state index contributed by atoms with van der Waals surface area (Å²) < 4.78 is 5.17. The Bertz CT molecular complexity index is 484. The molecular weight excluding hydrogens is 226 g/mol. The highest BCUT2D eigenvalue weighted by atomic mass is 35.5. The lowest BCUT2D eigenvalue weighted by Gasteiger charge is -2.01. The Morgan fingerprint density at radius 1 is 1.44 bits per heavy atom. The monoisotopic (exact) mass is 237 g/mol. The number of benzene rings is 1. The van der Waals surface area contributed by atoms with Gasteiger partial charge in [0.2, 0.25) is 0 Å². The number of nitrogens with one attached hydrogen (secondary N) is 1. The van der Waals surface area contributed by atoms with Gasteiger partial charge in [-0.25, -0.2) is 0 Å². The molecule has 1 atom stereocenters. The molecular formula is C11H12ClN3O. The Hall–Kier alpha value is -1.39. The van der Waals surface area contributed by atoms with Gasteiger partial charge < -0.3 is 9.84 Å². The molecule has 84 valence electrons. The van der Waals surface area contributed by atoms with Gasteiger partial charge in [0.1, 0.15) is 0 Å². The molecule has 0 aliphatic rings. The van der Waals surface area contributed by atoms with E-state index in [1.165, 1.54) is 0 Å². The highest BCUT2D eigenvalue weighted by molar-refractivity contribution is 6.30. The van der Waals surface area contributed by atoms with E-state index in [0.29, 0.717) is 16.7 Å². The van der Waals surface area contributed by atoms with E-state index in [0.717, 1.165) is 5.56 Å². The van der Waals surface area contributed by atoms with Crippen LogP contribution in [0.4, 0.5) is 0 Å². The predicted molar refractivity (Wildman–Crippen MR) is 62.2 cm³/mol. The molecule has 0 amide bonds. The van der Waals surface area contributed by atoms with Crippen LogP contribution in [0.25, 0.3) is 11.5 Å². The van der Waals surface area contributed by atoms with Crippen molar-refractivity contribution < 1.29 is 4.52 Å². The summed E-state index contributed by atoms with van der Waals surface area (Å²) in [5, 5.41) is 7.60. The fourth-order valence-electron chi connectivity index (χ4n) is 1.28. The maximum Gasteiger partial charge on any atom is 0.258 e. The molecule has 0 spiro atoms. The number of hydrogen-bond acceptors (Lipinski definition) is 4. The van der Waals surface area contributed by atoms with Crippen LogP contribution in [0.2, 0.25) is 5.02 Å². The summed E-state index contributed by atoms with van der Waals surface area (Å²) in [5.74, 6) is 1.12. The van der Waals surface area contributed by atoms with Crippen molar-refractivity contribution in [3.63, 3.8) is 0 Å². The number of rotatable bonds is 3. The van der Waals surface area contributed by atoms with Gasteiger partial charge in [-0.2, -0.15) is 4.98 Å². The second-order valence-electron chi connectivity index (χ2n) is 3.48. The van der Waals surface area contributed by atoms with Crippen LogP contribution < -0.4 is 5.32 Å². The highest BCUT2D eigenvalue weighted by Crippen LogP contribution is 2.22. The van der Waals surface area contributed by atoms with Gasteiger partial charge in [-0.15, -0.1) is 0 Å². The first-order chi connectivity index (χ1) is 7.70. The minimum Gasteiger partial charge on any atom is -0.334 e. The molecule has 1 heterocycles. The quantitative estimate of drug-likeness (QED) is 0.892. The lowest BCUT2D eigenvalue weighted by molar-refractivity contribution is 0.413. The number of halogens is 1. The fourth-order valence-corrected chi connectivity index (χ4v) is 1.47. The van der Waals surface area contributed by atoms with Crippen LogP contribution in [0.1, 0.15) is 18.8 Å². The summed E-state index contributed by atoms with van der Waals surface area (Å²) >= 11 is 5.89. The van der Waals surface area contributed by atoms with Gasteiger partial charge in [-0.05, 0) is 32.2 Å². The molecule has 1 N–H and O–H groups in total. The first-order valence-electron chi connectivity index (χ1n) is 4.97. The van der Waals surface area contributed by atoms with Gasteiger partial charge >= 0.3 is 0 Å². The summed E-state index contributed by atoms with van der Waals surface area (Å²) in [6.45, 7) is 1.96. The van der Waals surface area contributed by atoms with Gasteiger partial charge in [0, 0.05) is 10.6 Å². The van der Waals surface area contributed by atoms with E-state index in [9.17, 15) is 0 Å². The molecule has 1 aromatic heterocycles. The van der Waals surface area contributed by atoms with E-state index >= 15 is 0 Å². The third-order valence-corrected chi connectivity index (χ3v) is 2.57. The average Bonchev–Trinajstić information content (AvgIpc) is 2.77. The smallest absolute Gasteiger partial charge is 0.258 e. The lowest BCUT2D eigenvalue weighted by Crippen LogP contribution is -2.13. The van der Waals surface area contributed by atoms with Crippen LogP contribution in [-0.2, 0) is 0 Å². The summed E-state index contributed by atoms with van der Waals surface area (Å²) in [4.78, 5) is 4.29. The molecule has 2 aromatic rings. The average molecular weight is 238 g/mol. The SMILES string of the molecule is CNC(C)c1noc(-c2cccc(Cl)c2)n1. The largest absolute Gasteiger partial charge is 0.334 e. The van der Waals surface area contributed by atoms with Crippen molar-refractivity contribution in [3.8, 4) is 11.5 Å². The van der Waals surface area contributed by atoms with Crippen LogP contribution in [0, 0.1) is 0 Å². The van der Waals surface area contributed by atoms with Crippen molar-refractivity contribution in [2.45, 2.75) is 13.0 Å². The first-order valence-corrected chi connectivity index (χ1v) is 5.35. The van der Waals surface area contributed by atoms with E-state index in [-0.39, 0.29) is 6.04 Å². The Kier molecular flexibility index (Phi) is 3.22. The Morgan fingerprint density at radius 2 is 2.25 bits per heavy atom. The summed E-state index contributed by atoms with van der Waals surface area (Å²) in [5.41, 5.74) is 0.828. The molecule has 1 unspecified atom stereocenters. The lowest BCUT2D eigenvalue weighted by atomic mass is 10.2. The van der Waals surface area contributed by atoms with Crippen LogP contribution in [0.3, 0.4) is 0 Å². The van der Waals surface area contributed by atoms with Gasteiger partial charge in [0.15, 0.2) is 5.82 Å². The molecule has 2 rings (SSSR count). The molecule has 0 radical (unpaired) electrons. The van der Waals surface area contributed by atoms with Crippen LogP contribution >= 0.6 is 11.6 Å². The van der Waals surface area contributed by atoms with Gasteiger partial charge in [0.25, 0.3) is 5.89 Å². The molecule has 16 heavy (non-hydrogen) atoms. The maximum absolute atomic E-state index is 5.89. The number of hydrogen-bond donors (Lipinski definition) is 1. The van der Waals surface area contributed by atoms with E-state index in [2.05, 4.69) is 15.5 Å². The second-order valence-corrected chi connectivity index (χ2v) is 3.91. The standard InChI is InChI=1S/C11H12ClN3O/c1-7(13-2)10-14-11(16-15-10)8-4-3-5-9(12)6-8/h3-7,13H,1-2H3. The predicted octanol–water partition coefficient (Wildman–Crippen LogP) is 2.67. The zero-order valence-electron chi connectivity index (χ0n) is 9.07. The van der Waals surface area contributed by atoms with E-state index in [4.69, 9.17) is 16.1 Å². The summed E-state index contributed by atoms with van der Waals surface area (Å²) in [6.07, 6.45) is 0. The Labute approximate surface area is 98.6 Å². The third-order valence-electron chi connectivity index (χ3n) is 2.33. The van der Waals surface area contributed by atoms with Crippen LogP contribution in [-0.4, -0.2) is 17.2 Å². The molecule has 0 fully saturated rings. The first kappa shape index (κ1) is 11.1. The molecule has 1 aromatic carbocycles. The summed E-state index contributed by atoms with van der Waals surface area (Å²) in [7, 11) is 1.85. The normalized spacial score (nSPS) is 12.7. The minimum absolute atomic E-state index is 0.0664. The van der Waals surface area contributed by atoms with Crippen molar-refractivity contribution in [1.29, 1.82) is 0 Å². The number of aromatic nitrogens is 2. The van der Waals surface area contributed by atoms with E-state index < -0.39 is 0 Å². The van der Waals surface area contributed by atoms with Crippen molar-refractivity contribution in [3.05, 3.63) is 35.1 Å². The van der Waals surface area contributed by atoms with Crippen LogP contribution in [0.15, 0.2) is 28.8 Å². The van der Waals surface area contributed by atoms with E-state index in [1.807, 2.05) is 26.1 Å². The highest BCUT2D eigenvalue weighted by Gasteiger charge is 2.13. The van der Waals surface area contributed by atoms with Crippen molar-refractivity contribution in [2.24, 2.45) is 0 Å². The number of nitrogens with zero attached hydrogens (tertiary/aromatic N) is 2. The Balaban J connectivity index is 2.31. The fraction of sp³-hybridized carbons (Fsp3) is 0.273. The molecule has 0 aliphatic carbocycles. The topological polar surface area (TPSA) is 51.0 Å². The summed E-state index contributed by atoms with van der Waals surface area (Å²) in [6, 6.07) is 7.40. The van der Waals surface area contributed by atoms with E-state index in [1.54, 1.807) is 12.1 Å². The minimum atomic E-state index is 0.0664. The maximum atomic E-state index is 5.89. The zero-order chi connectivity index (χ0) is 11.5. The molecule has 0 saturated carbocycles. The van der Waals surface area contributed by atoms with Crippen molar-refractivity contribution in [1.82, 2.24) is 15.5 Å². The van der Waals surface area contributed by atoms with Gasteiger partial charge in [-0.3, -0.25) is 0 Å². The molecule has 5 heteroatoms. The molecule has 0 saturated heterocycles. The Morgan fingerprint density at radius 3 is 2.94 bits per heavy atom. The van der Waals surface area contributed by atoms with Crippen molar-refractivity contribution >= 4 is 11.6 Å². The molecule has 0 aliphatic heterocycles. The molecule has 4 nitrogen and oxygen atoms in total. The van der Waals surface area contributed by atoms with Gasteiger partial charge in [0.05, 0.1) is 6.04 Å². The zero-order valence-corrected chi connectivity index (χ0v) is 9.82. The van der Waals surface area contributed by atoms with Crippen LogP contribution in [0.5, 0.6) is 0 Å². The third kappa shape index (κ3) is 2.23. The van der Waals surface area contributed by atoms with Crippen molar-refractivity contribution in [2.75, 3.05) is 7.05 Å².